The Morgan fingerprint density at radius 1 is 0.906 bits per heavy atom. The van der Waals surface area contributed by atoms with Gasteiger partial charge in [-0.05, 0) is 47.5 Å². The van der Waals surface area contributed by atoms with E-state index < -0.39 is 0 Å². The summed E-state index contributed by atoms with van der Waals surface area (Å²) in [5.41, 5.74) is 4.53. The molecule has 6 nitrogen and oxygen atoms in total. The van der Waals surface area contributed by atoms with E-state index in [1.54, 1.807) is 33.5 Å². The second-order valence-electron chi connectivity index (χ2n) is 7.51. The second kappa shape index (κ2) is 8.00. The van der Waals surface area contributed by atoms with Gasteiger partial charge in [0.1, 0.15) is 5.82 Å². The summed E-state index contributed by atoms with van der Waals surface area (Å²) in [4.78, 5) is 9.59. The van der Waals surface area contributed by atoms with Gasteiger partial charge in [-0.15, -0.1) is 0 Å². The van der Waals surface area contributed by atoms with Crippen molar-refractivity contribution in [2.75, 3.05) is 21.3 Å². The summed E-state index contributed by atoms with van der Waals surface area (Å²) < 4.78 is 32.3. The van der Waals surface area contributed by atoms with Gasteiger partial charge in [0.2, 0.25) is 11.7 Å². The smallest absolute Gasteiger partial charge is 0.231 e. The Morgan fingerprint density at radius 2 is 1.59 bits per heavy atom. The van der Waals surface area contributed by atoms with Crippen molar-refractivity contribution in [1.29, 1.82) is 0 Å². The minimum absolute atomic E-state index is 0.122. The number of rotatable bonds is 5. The van der Waals surface area contributed by atoms with E-state index >= 15 is 0 Å². The molecule has 3 aromatic carbocycles. The number of ether oxygens (including phenoxy) is 3. The number of para-hydroxylation sites is 2. The second-order valence-corrected chi connectivity index (χ2v) is 7.51. The molecule has 7 heteroatoms. The Kier molecular flexibility index (Phi) is 5.01. The van der Waals surface area contributed by atoms with Crippen LogP contribution in [0.15, 0.2) is 65.7 Å². The summed E-state index contributed by atoms with van der Waals surface area (Å²) in [6.45, 7) is 0. The number of methoxy groups -OCH3 is 3. The summed E-state index contributed by atoms with van der Waals surface area (Å²) in [5, 5.41) is 0. The number of imidazole rings is 1. The molecule has 162 valence electrons. The van der Waals surface area contributed by atoms with E-state index in [-0.39, 0.29) is 11.9 Å². The fourth-order valence-corrected chi connectivity index (χ4v) is 4.24. The summed E-state index contributed by atoms with van der Waals surface area (Å²) in [7, 11) is 4.79. The first-order valence-electron chi connectivity index (χ1n) is 10.2. The van der Waals surface area contributed by atoms with Crippen molar-refractivity contribution in [3.05, 3.63) is 77.6 Å². The first-order valence-corrected chi connectivity index (χ1v) is 10.2. The summed E-state index contributed by atoms with van der Waals surface area (Å²) >= 11 is 0. The van der Waals surface area contributed by atoms with Crippen molar-refractivity contribution in [3.8, 4) is 17.2 Å². The Labute approximate surface area is 184 Å². The lowest BCUT2D eigenvalue weighted by Crippen LogP contribution is -2.20. The molecular weight excluding hydrogens is 409 g/mol. The molecule has 32 heavy (non-hydrogen) atoms. The fraction of sp³-hybridized carbons (Fsp3) is 0.200. The third kappa shape index (κ3) is 3.26. The van der Waals surface area contributed by atoms with Gasteiger partial charge in [0.05, 0.1) is 44.1 Å². The van der Waals surface area contributed by atoms with Crippen molar-refractivity contribution >= 4 is 22.7 Å². The molecule has 0 saturated heterocycles. The molecule has 0 spiro atoms. The topological polar surface area (TPSA) is 57.9 Å². The maximum absolute atomic E-state index is 13.5. The van der Waals surface area contributed by atoms with Gasteiger partial charge in [-0.2, -0.15) is 0 Å². The zero-order chi connectivity index (χ0) is 22.2. The van der Waals surface area contributed by atoms with Gasteiger partial charge in [0.15, 0.2) is 11.5 Å². The summed E-state index contributed by atoms with van der Waals surface area (Å²) in [6.07, 6.45) is 0.595. The number of fused-ring (bicyclic) bond motifs is 3. The molecule has 0 fully saturated rings. The van der Waals surface area contributed by atoms with Gasteiger partial charge in [-0.3, -0.25) is 0 Å². The number of aromatic nitrogens is 2. The maximum atomic E-state index is 13.5. The molecule has 2 heterocycles. The quantitative estimate of drug-likeness (QED) is 0.429. The molecule has 0 N–H and O–H groups in total. The standard InChI is InChI=1S/C25H22FN3O3/c1-30-22-12-16(13-23(31-2)24(22)32-3)21-14-19(15-8-10-17(26)11-9-15)28-25-27-18-6-4-5-7-20(18)29(21)25/h4-13,21H,14H2,1-3H3. The molecule has 1 aliphatic heterocycles. The Balaban J connectivity index is 1.72. The van der Waals surface area contributed by atoms with Gasteiger partial charge < -0.3 is 18.8 Å². The predicted molar refractivity (Wildman–Crippen MR) is 121 cm³/mol. The minimum Gasteiger partial charge on any atom is -0.493 e. The fourth-order valence-electron chi connectivity index (χ4n) is 4.24. The lowest BCUT2D eigenvalue weighted by Gasteiger charge is -2.27. The van der Waals surface area contributed by atoms with E-state index in [1.165, 1.54) is 12.1 Å². The molecule has 4 aromatic rings. The molecule has 5 rings (SSSR count). The van der Waals surface area contributed by atoms with Crippen molar-refractivity contribution in [3.63, 3.8) is 0 Å². The highest BCUT2D eigenvalue weighted by molar-refractivity contribution is 6.03. The minimum atomic E-state index is -0.279. The van der Waals surface area contributed by atoms with E-state index in [2.05, 4.69) is 4.57 Å². The summed E-state index contributed by atoms with van der Waals surface area (Å²) in [6, 6.07) is 18.1. The zero-order valence-electron chi connectivity index (χ0n) is 18.0. The monoisotopic (exact) mass is 431 g/mol. The molecule has 1 atom stereocenters. The molecule has 1 unspecified atom stereocenters. The van der Waals surface area contributed by atoms with Gasteiger partial charge in [0.25, 0.3) is 0 Å². The SMILES string of the molecule is COc1cc(C2CC(c3ccc(F)cc3)=Nc3nc4ccccc4n32)cc(OC)c1OC. The van der Waals surface area contributed by atoms with Crippen LogP contribution in [-0.4, -0.2) is 36.6 Å². The molecule has 1 aliphatic rings. The zero-order valence-corrected chi connectivity index (χ0v) is 18.0. The molecule has 1 aromatic heterocycles. The highest BCUT2D eigenvalue weighted by Gasteiger charge is 2.29. The Hall–Kier alpha value is -3.87. The van der Waals surface area contributed by atoms with Crippen LogP contribution in [-0.2, 0) is 0 Å². The van der Waals surface area contributed by atoms with Crippen LogP contribution in [0.4, 0.5) is 10.3 Å². The van der Waals surface area contributed by atoms with Crippen LogP contribution in [0.1, 0.15) is 23.6 Å². The van der Waals surface area contributed by atoms with E-state index in [0.717, 1.165) is 27.9 Å². The molecule has 0 amide bonds. The van der Waals surface area contributed by atoms with Crippen molar-refractivity contribution < 1.29 is 18.6 Å². The van der Waals surface area contributed by atoms with E-state index in [9.17, 15) is 4.39 Å². The lowest BCUT2D eigenvalue weighted by molar-refractivity contribution is 0.323. The first-order chi connectivity index (χ1) is 15.6. The van der Waals surface area contributed by atoms with Gasteiger partial charge in [-0.25, -0.2) is 14.4 Å². The average molecular weight is 431 g/mol. The van der Waals surface area contributed by atoms with Crippen LogP contribution in [0.3, 0.4) is 0 Å². The number of nitrogens with zero attached hydrogens (tertiary/aromatic N) is 3. The van der Waals surface area contributed by atoms with E-state index in [4.69, 9.17) is 24.2 Å². The van der Waals surface area contributed by atoms with Gasteiger partial charge in [0, 0.05) is 6.42 Å². The molecular formula is C25H22FN3O3. The third-order valence-corrected chi connectivity index (χ3v) is 5.76. The number of benzene rings is 3. The Bertz CT molecular complexity index is 1300. The molecule has 0 bridgehead atoms. The van der Waals surface area contributed by atoms with Gasteiger partial charge >= 0.3 is 0 Å². The van der Waals surface area contributed by atoms with Crippen LogP contribution in [0.5, 0.6) is 17.2 Å². The molecule has 0 aliphatic carbocycles. The van der Waals surface area contributed by atoms with Crippen LogP contribution >= 0.6 is 0 Å². The van der Waals surface area contributed by atoms with Crippen LogP contribution < -0.4 is 14.2 Å². The van der Waals surface area contributed by atoms with Crippen LogP contribution in [0, 0.1) is 5.82 Å². The largest absolute Gasteiger partial charge is 0.493 e. The van der Waals surface area contributed by atoms with Crippen LogP contribution in [0.2, 0.25) is 0 Å². The first kappa shape index (κ1) is 20.1. The highest BCUT2D eigenvalue weighted by Crippen LogP contribution is 2.44. The normalized spacial score (nSPS) is 15.2. The third-order valence-electron chi connectivity index (χ3n) is 5.76. The van der Waals surface area contributed by atoms with E-state index in [0.29, 0.717) is 29.6 Å². The number of aliphatic imine (C=N–C) groups is 1. The predicted octanol–water partition coefficient (Wildman–Crippen LogP) is 5.32. The van der Waals surface area contributed by atoms with Gasteiger partial charge in [-0.1, -0.05) is 24.3 Å². The molecule has 0 saturated carbocycles. The summed E-state index contributed by atoms with van der Waals surface area (Å²) in [5.74, 6) is 2.03. The number of halogens is 1. The van der Waals surface area contributed by atoms with Crippen molar-refractivity contribution in [2.45, 2.75) is 12.5 Å². The highest BCUT2D eigenvalue weighted by atomic mass is 19.1. The lowest BCUT2D eigenvalue weighted by atomic mass is 9.95. The maximum Gasteiger partial charge on any atom is 0.231 e. The number of hydrogen-bond acceptors (Lipinski definition) is 5. The van der Waals surface area contributed by atoms with Crippen LogP contribution in [0.25, 0.3) is 11.0 Å². The molecule has 0 radical (unpaired) electrons. The average Bonchev–Trinajstić information content (AvgIpc) is 3.21. The van der Waals surface area contributed by atoms with E-state index in [1.807, 2.05) is 36.4 Å². The van der Waals surface area contributed by atoms with Crippen molar-refractivity contribution in [2.24, 2.45) is 4.99 Å². The number of hydrogen-bond donors (Lipinski definition) is 0. The Morgan fingerprint density at radius 3 is 2.25 bits per heavy atom. The van der Waals surface area contributed by atoms with Crippen molar-refractivity contribution in [1.82, 2.24) is 9.55 Å².